The van der Waals surface area contributed by atoms with Gasteiger partial charge in [-0.2, -0.15) is 4.39 Å². The van der Waals surface area contributed by atoms with Gasteiger partial charge >= 0.3 is 0 Å². The summed E-state index contributed by atoms with van der Waals surface area (Å²) in [5.74, 6) is 0.210. The fraction of sp³-hybridized carbons (Fsp3) is 0.444. The molecule has 1 aliphatic heterocycles. The van der Waals surface area contributed by atoms with E-state index in [0.29, 0.717) is 13.1 Å². The van der Waals surface area contributed by atoms with Crippen LogP contribution in [-0.2, 0) is 18.5 Å². The number of benzene rings is 1. The van der Waals surface area contributed by atoms with Gasteiger partial charge in [-0.05, 0) is 68.2 Å². The highest BCUT2D eigenvalue weighted by atomic mass is 19.1. The number of nitrogens with zero attached hydrogens (tertiary/aromatic N) is 5. The maximum atomic E-state index is 14.0. The first-order valence-corrected chi connectivity index (χ1v) is 12.3. The molecule has 36 heavy (non-hydrogen) atoms. The van der Waals surface area contributed by atoms with E-state index < -0.39 is 5.95 Å². The zero-order chi connectivity index (χ0) is 25.6. The number of methoxy groups -OCH3 is 1. The van der Waals surface area contributed by atoms with Crippen molar-refractivity contribution >= 4 is 11.9 Å². The molecule has 1 saturated carbocycles. The molecule has 1 atom stereocenters. The molecule has 1 N–H and O–H groups in total. The monoisotopic (exact) mass is 492 g/mol. The third-order valence-corrected chi connectivity index (χ3v) is 7.40. The number of nitrogens with one attached hydrogen (secondary N) is 1. The lowest BCUT2D eigenvalue weighted by atomic mass is 9.81. The van der Waals surface area contributed by atoms with E-state index in [1.165, 1.54) is 24.4 Å². The van der Waals surface area contributed by atoms with Gasteiger partial charge in [-0.3, -0.25) is 4.79 Å². The Morgan fingerprint density at radius 3 is 2.69 bits per heavy atom. The molecule has 0 bridgehead atoms. The van der Waals surface area contributed by atoms with Crippen molar-refractivity contribution in [1.82, 2.24) is 24.3 Å². The summed E-state index contributed by atoms with van der Waals surface area (Å²) in [5, 5.41) is 3.12. The third kappa shape index (κ3) is 4.21. The second-order valence-electron chi connectivity index (χ2n) is 10.2. The van der Waals surface area contributed by atoms with Crippen molar-refractivity contribution < 1.29 is 13.9 Å². The number of anilines is 1. The van der Waals surface area contributed by atoms with E-state index in [-0.39, 0.29) is 23.1 Å². The van der Waals surface area contributed by atoms with Crippen LogP contribution in [-0.4, -0.2) is 65.0 Å². The molecule has 3 heterocycles. The van der Waals surface area contributed by atoms with Crippen LogP contribution in [0, 0.1) is 5.95 Å². The SMILES string of the molecule is CNc1nccn1Cc1cc(CN(C)C)c2c(c1)C(=O)N(C(C)c1cnc(F)c(OC)c1)CC21CC1. The number of fused-ring (bicyclic) bond motifs is 2. The van der Waals surface area contributed by atoms with Gasteiger partial charge in [-0.1, -0.05) is 6.07 Å². The van der Waals surface area contributed by atoms with Crippen molar-refractivity contribution in [3.05, 3.63) is 70.6 Å². The van der Waals surface area contributed by atoms with Gasteiger partial charge in [0, 0.05) is 49.7 Å². The molecule has 1 amide bonds. The van der Waals surface area contributed by atoms with E-state index >= 15 is 0 Å². The third-order valence-electron chi connectivity index (χ3n) is 7.40. The highest BCUT2D eigenvalue weighted by molar-refractivity contribution is 5.99. The van der Waals surface area contributed by atoms with Crippen LogP contribution in [0.1, 0.15) is 58.4 Å². The van der Waals surface area contributed by atoms with Crippen LogP contribution in [0.2, 0.25) is 0 Å². The Labute approximate surface area is 211 Å². The minimum Gasteiger partial charge on any atom is -0.492 e. The van der Waals surface area contributed by atoms with E-state index in [1.807, 2.05) is 29.6 Å². The van der Waals surface area contributed by atoms with Gasteiger partial charge < -0.3 is 24.4 Å². The van der Waals surface area contributed by atoms with Gasteiger partial charge in [0.2, 0.25) is 5.95 Å². The lowest BCUT2D eigenvalue weighted by Gasteiger charge is -2.40. The summed E-state index contributed by atoms with van der Waals surface area (Å²) in [6, 6.07) is 5.68. The topological polar surface area (TPSA) is 75.5 Å². The summed E-state index contributed by atoms with van der Waals surface area (Å²) in [6.45, 7) is 3.99. The number of ether oxygens (including phenoxy) is 1. The molecule has 1 unspecified atom stereocenters. The molecule has 190 valence electrons. The summed E-state index contributed by atoms with van der Waals surface area (Å²) in [5.41, 5.74) is 4.95. The van der Waals surface area contributed by atoms with Gasteiger partial charge in [0.15, 0.2) is 5.75 Å². The lowest BCUT2D eigenvalue weighted by molar-refractivity contribution is 0.0637. The zero-order valence-electron chi connectivity index (χ0n) is 21.5. The molecule has 5 rings (SSSR count). The van der Waals surface area contributed by atoms with Gasteiger partial charge in [0.1, 0.15) is 0 Å². The first-order chi connectivity index (χ1) is 17.3. The first kappa shape index (κ1) is 24.2. The van der Waals surface area contributed by atoms with E-state index in [4.69, 9.17) is 4.74 Å². The second kappa shape index (κ2) is 9.20. The van der Waals surface area contributed by atoms with Gasteiger partial charge in [-0.25, -0.2) is 9.97 Å². The van der Waals surface area contributed by atoms with Crippen molar-refractivity contribution in [3.8, 4) is 5.75 Å². The lowest BCUT2D eigenvalue weighted by Crippen LogP contribution is -2.45. The van der Waals surface area contributed by atoms with Crippen LogP contribution in [0.4, 0.5) is 10.3 Å². The number of halogens is 1. The zero-order valence-corrected chi connectivity index (χ0v) is 21.5. The predicted molar refractivity (Wildman–Crippen MR) is 136 cm³/mol. The quantitative estimate of drug-likeness (QED) is 0.482. The van der Waals surface area contributed by atoms with Crippen LogP contribution in [0.25, 0.3) is 0 Å². The molecule has 1 fully saturated rings. The average Bonchev–Trinajstić information content (AvgIpc) is 3.48. The van der Waals surface area contributed by atoms with Crippen LogP contribution in [0.5, 0.6) is 5.75 Å². The summed E-state index contributed by atoms with van der Waals surface area (Å²) in [6.07, 6.45) is 7.30. The Kier molecular flexibility index (Phi) is 6.20. The smallest absolute Gasteiger partial charge is 0.255 e. The summed E-state index contributed by atoms with van der Waals surface area (Å²) >= 11 is 0. The van der Waals surface area contributed by atoms with Crippen molar-refractivity contribution in [2.45, 2.75) is 44.3 Å². The van der Waals surface area contributed by atoms with Gasteiger partial charge in [0.25, 0.3) is 11.9 Å². The summed E-state index contributed by atoms with van der Waals surface area (Å²) in [7, 11) is 7.38. The van der Waals surface area contributed by atoms with E-state index in [0.717, 1.165) is 42.0 Å². The van der Waals surface area contributed by atoms with Crippen molar-refractivity contribution in [2.24, 2.45) is 0 Å². The molecule has 2 aliphatic rings. The molecule has 3 aromatic rings. The van der Waals surface area contributed by atoms with Crippen LogP contribution in [0.3, 0.4) is 0 Å². The second-order valence-corrected chi connectivity index (χ2v) is 10.2. The molecule has 1 spiro atoms. The number of aromatic nitrogens is 3. The minimum atomic E-state index is -0.652. The Hall–Kier alpha value is -3.46. The van der Waals surface area contributed by atoms with Crippen LogP contribution >= 0.6 is 0 Å². The number of carbonyl (C=O) groups is 1. The van der Waals surface area contributed by atoms with Crippen LogP contribution < -0.4 is 10.1 Å². The van der Waals surface area contributed by atoms with Crippen molar-refractivity contribution in [1.29, 1.82) is 0 Å². The molecule has 2 aromatic heterocycles. The summed E-state index contributed by atoms with van der Waals surface area (Å²) in [4.78, 5) is 26.3. The summed E-state index contributed by atoms with van der Waals surface area (Å²) < 4.78 is 21.1. The Morgan fingerprint density at radius 1 is 1.25 bits per heavy atom. The highest BCUT2D eigenvalue weighted by Crippen LogP contribution is 2.55. The molecule has 0 radical (unpaired) electrons. The number of rotatable bonds is 8. The van der Waals surface area contributed by atoms with Crippen molar-refractivity contribution in [2.75, 3.05) is 40.1 Å². The molecule has 1 aromatic carbocycles. The normalized spacial score (nSPS) is 16.9. The number of hydrogen-bond donors (Lipinski definition) is 1. The van der Waals surface area contributed by atoms with E-state index in [1.54, 1.807) is 12.3 Å². The number of hydrogen-bond acceptors (Lipinski definition) is 6. The largest absolute Gasteiger partial charge is 0.492 e. The Balaban J connectivity index is 1.57. The minimum absolute atomic E-state index is 0.000330. The number of pyridine rings is 1. The molecular formula is C27H33FN6O2. The molecule has 0 saturated heterocycles. The first-order valence-electron chi connectivity index (χ1n) is 12.3. The Bertz CT molecular complexity index is 1300. The number of carbonyl (C=O) groups excluding carboxylic acids is 1. The fourth-order valence-electron chi connectivity index (χ4n) is 5.48. The van der Waals surface area contributed by atoms with Crippen molar-refractivity contribution in [3.63, 3.8) is 0 Å². The average molecular weight is 493 g/mol. The van der Waals surface area contributed by atoms with E-state index in [9.17, 15) is 9.18 Å². The fourth-order valence-corrected chi connectivity index (χ4v) is 5.48. The maximum Gasteiger partial charge on any atom is 0.255 e. The highest BCUT2D eigenvalue weighted by Gasteiger charge is 2.53. The van der Waals surface area contributed by atoms with Gasteiger partial charge in [0.05, 0.1) is 19.7 Å². The van der Waals surface area contributed by atoms with Crippen LogP contribution in [0.15, 0.2) is 36.8 Å². The number of imidazole rings is 1. The molecule has 8 nitrogen and oxygen atoms in total. The maximum absolute atomic E-state index is 14.0. The molecule has 1 aliphatic carbocycles. The number of amides is 1. The molecule has 9 heteroatoms. The predicted octanol–water partition coefficient (Wildman–Crippen LogP) is 3.83. The van der Waals surface area contributed by atoms with Gasteiger partial charge in [-0.15, -0.1) is 0 Å². The Morgan fingerprint density at radius 2 is 2.03 bits per heavy atom. The standard InChI is InChI=1S/C27H33FN6O2/c1-17(19-12-22(36-5)24(28)31-13-19)34-16-27(6-7-27)23-20(15-32(3)4)10-18(11-21(23)25(34)35)14-33-9-8-30-26(33)29-2/h8-13,17H,6-7,14-16H2,1-5H3,(H,29,30). The molecular weight excluding hydrogens is 459 g/mol. The van der Waals surface area contributed by atoms with E-state index in [2.05, 4.69) is 46.4 Å².